The van der Waals surface area contributed by atoms with Crippen molar-refractivity contribution >= 4 is 56.9 Å². The number of aliphatic hydroxyl groups excluding tert-OH is 1. The van der Waals surface area contributed by atoms with Crippen LogP contribution in [0.4, 0.5) is 29.6 Å². The second-order valence-electron chi connectivity index (χ2n) is 14.7. The van der Waals surface area contributed by atoms with Crippen LogP contribution in [0.3, 0.4) is 0 Å². The molecule has 0 aliphatic carbocycles. The van der Waals surface area contributed by atoms with Gasteiger partial charge in [0.2, 0.25) is 0 Å². The van der Waals surface area contributed by atoms with Crippen LogP contribution in [0, 0.1) is 0 Å². The molecule has 0 radical (unpaired) electrons. The van der Waals surface area contributed by atoms with Gasteiger partial charge in [-0.3, -0.25) is 0 Å². The third kappa shape index (κ3) is 6.75. The molecule has 2 aromatic carbocycles. The van der Waals surface area contributed by atoms with Crippen molar-refractivity contribution in [1.82, 2.24) is 30.6 Å². The van der Waals surface area contributed by atoms with Crippen LogP contribution in [0.5, 0.6) is 0 Å². The van der Waals surface area contributed by atoms with Gasteiger partial charge in [0.05, 0.1) is 11.1 Å². The first-order valence-electron chi connectivity index (χ1n) is 18.2. The third-order valence-corrected chi connectivity index (χ3v) is 12.5. The molecule has 4 saturated heterocycles. The number of hydrogen-bond donors (Lipinski definition) is 4. The Morgan fingerprint density at radius 3 is 1.67 bits per heavy atom. The van der Waals surface area contributed by atoms with Crippen LogP contribution >= 0.6 is 22.7 Å². The number of alkyl halides is 4. The second-order valence-corrected chi connectivity index (χ2v) is 16.5. The second kappa shape index (κ2) is 14.4. The molecule has 18 heteroatoms. The maximum atomic E-state index is 13.5. The van der Waals surface area contributed by atoms with E-state index in [1.54, 1.807) is 24.5 Å². The summed E-state index contributed by atoms with van der Waals surface area (Å²) in [5.74, 6) is 0. The fourth-order valence-corrected chi connectivity index (χ4v) is 9.46. The zero-order valence-electron chi connectivity index (χ0n) is 29.5. The Morgan fingerprint density at radius 2 is 1.22 bits per heavy atom. The summed E-state index contributed by atoms with van der Waals surface area (Å²) in [5.41, 5.74) is 0.514. The molecule has 0 saturated carbocycles. The van der Waals surface area contributed by atoms with Gasteiger partial charge in [-0.25, -0.2) is 27.5 Å². The molecule has 4 fully saturated rings. The van der Waals surface area contributed by atoms with Crippen LogP contribution in [0.1, 0.15) is 49.8 Å². The number of thiazole rings is 2. The van der Waals surface area contributed by atoms with E-state index in [1.807, 2.05) is 10.8 Å². The Bertz CT molecular complexity index is 2260. The Morgan fingerprint density at radius 1 is 0.745 bits per heavy atom. The standard InChI is InChI=1S/C19H20F2N4O2S.C18H18F2N4O2S/c1-19(26,17(20)21)13-5-4-12(16-22-6-7-28-16)15-14(13)24-18(27-15)25-8-10-2-3-11(9-25)23-10;19-16(20)14(25)11-3-4-12(17-21-5-6-27-17)15-13(11)23-18(26-15)24-7-9-1-2-10(8-24)22-9/h4-7,10-11,17,23,26H,2-3,8-9H2,1H3;3-6,9-10,14,16,22,25H,1-2,7-8H2. The molecule has 6 aromatic rings. The number of piperazine rings is 2. The molecule has 4 aliphatic heterocycles. The molecular weight excluding hydrogens is 761 g/mol. The average molecular weight is 799 g/mol. The van der Waals surface area contributed by atoms with E-state index in [0.717, 1.165) is 68.8 Å². The molecule has 10 rings (SSSR count). The minimum atomic E-state index is -2.95. The summed E-state index contributed by atoms with van der Waals surface area (Å²) in [5, 5.41) is 32.6. The highest BCUT2D eigenvalue weighted by molar-refractivity contribution is 7.13. The van der Waals surface area contributed by atoms with Crippen molar-refractivity contribution in [2.24, 2.45) is 0 Å². The van der Waals surface area contributed by atoms with Crippen LogP contribution in [-0.4, -0.2) is 93.3 Å². The lowest BCUT2D eigenvalue weighted by molar-refractivity contribution is -0.0874. The molecule has 6 atom stereocenters. The molecule has 6 unspecified atom stereocenters. The van der Waals surface area contributed by atoms with Gasteiger partial charge in [0.25, 0.3) is 24.9 Å². The number of aromatic nitrogens is 4. The van der Waals surface area contributed by atoms with E-state index in [2.05, 4.69) is 40.4 Å². The number of oxazole rings is 2. The predicted molar refractivity (Wildman–Crippen MR) is 201 cm³/mol. The normalized spacial score (nSPS) is 23.9. The Labute approximate surface area is 320 Å². The maximum Gasteiger partial charge on any atom is 0.298 e. The number of nitrogens with zero attached hydrogens (tertiary/aromatic N) is 6. The van der Waals surface area contributed by atoms with Crippen molar-refractivity contribution in [1.29, 1.82) is 0 Å². The molecule has 12 nitrogen and oxygen atoms in total. The van der Waals surface area contributed by atoms with E-state index in [1.165, 1.54) is 34.8 Å². The Kier molecular flexibility index (Phi) is 9.53. The maximum absolute atomic E-state index is 13.5. The minimum absolute atomic E-state index is 0.0610. The topological polar surface area (TPSA) is 149 Å². The SMILES string of the molecule is CC(O)(c1ccc(-c2nccs2)c2oc(N3CC4CCC(C3)N4)nc12)C(F)F.OC(c1ccc(-c2nccs2)c2oc(N3CC4CCC(C3)N4)nc12)C(F)F. The van der Waals surface area contributed by atoms with Gasteiger partial charge in [0, 0.05) is 84.6 Å². The van der Waals surface area contributed by atoms with E-state index in [-0.39, 0.29) is 22.2 Å². The Balaban J connectivity index is 0.000000144. The lowest BCUT2D eigenvalue weighted by Crippen LogP contribution is -2.51. The molecule has 4 aromatic heterocycles. The van der Waals surface area contributed by atoms with Gasteiger partial charge < -0.3 is 39.5 Å². The number of halogens is 4. The summed E-state index contributed by atoms with van der Waals surface area (Å²) in [6.07, 6.45) is 0.0520. The van der Waals surface area contributed by atoms with Crippen molar-refractivity contribution in [3.8, 4) is 21.1 Å². The van der Waals surface area contributed by atoms with Crippen molar-refractivity contribution in [2.75, 3.05) is 36.0 Å². The third-order valence-electron chi connectivity index (χ3n) is 10.9. The molecule has 4 bridgehead atoms. The van der Waals surface area contributed by atoms with Gasteiger partial charge in [0.1, 0.15) is 32.8 Å². The van der Waals surface area contributed by atoms with Gasteiger partial charge in [-0.1, -0.05) is 12.1 Å². The van der Waals surface area contributed by atoms with Gasteiger partial charge in [-0.2, -0.15) is 9.97 Å². The van der Waals surface area contributed by atoms with E-state index >= 15 is 0 Å². The zero-order valence-corrected chi connectivity index (χ0v) is 31.2. The van der Waals surface area contributed by atoms with E-state index in [0.29, 0.717) is 58.5 Å². The smallest absolute Gasteiger partial charge is 0.298 e. The monoisotopic (exact) mass is 798 g/mol. The highest BCUT2D eigenvalue weighted by Gasteiger charge is 2.40. The van der Waals surface area contributed by atoms with Gasteiger partial charge in [-0.15, -0.1) is 22.7 Å². The number of fused-ring (bicyclic) bond motifs is 6. The number of anilines is 2. The molecule has 55 heavy (non-hydrogen) atoms. The van der Waals surface area contributed by atoms with Crippen molar-refractivity contribution in [2.45, 2.75) is 81.3 Å². The summed E-state index contributed by atoms with van der Waals surface area (Å²) < 4.78 is 65.5. The molecule has 290 valence electrons. The fraction of sp³-hybridized carbons (Fsp3) is 0.459. The number of benzene rings is 2. The van der Waals surface area contributed by atoms with E-state index < -0.39 is 24.6 Å². The summed E-state index contributed by atoms with van der Waals surface area (Å²) in [4.78, 5) is 21.8. The molecule has 8 heterocycles. The molecular formula is C37H38F4N8O4S2. The summed E-state index contributed by atoms with van der Waals surface area (Å²) in [6, 6.07) is 8.70. The van der Waals surface area contributed by atoms with Gasteiger partial charge in [-0.05, 0) is 44.7 Å². The van der Waals surface area contributed by atoms with E-state index in [9.17, 15) is 27.8 Å². The van der Waals surface area contributed by atoms with Crippen molar-refractivity contribution < 1.29 is 36.6 Å². The van der Waals surface area contributed by atoms with Crippen LogP contribution in [0.2, 0.25) is 0 Å². The first kappa shape index (κ1) is 36.4. The lowest BCUT2D eigenvalue weighted by atomic mass is 9.94. The molecule has 4 aliphatic rings. The lowest BCUT2D eigenvalue weighted by Gasteiger charge is -2.31. The van der Waals surface area contributed by atoms with E-state index in [4.69, 9.17) is 8.83 Å². The van der Waals surface area contributed by atoms with Crippen LogP contribution in [0.25, 0.3) is 43.3 Å². The van der Waals surface area contributed by atoms with Gasteiger partial charge >= 0.3 is 0 Å². The number of rotatable bonds is 8. The van der Waals surface area contributed by atoms with Crippen molar-refractivity contribution in [3.05, 3.63) is 58.5 Å². The summed E-state index contributed by atoms with van der Waals surface area (Å²) in [6.45, 7) is 4.16. The number of aliphatic hydroxyl groups is 2. The van der Waals surface area contributed by atoms with Gasteiger partial charge in [0.15, 0.2) is 11.2 Å². The van der Waals surface area contributed by atoms with Crippen LogP contribution in [-0.2, 0) is 5.60 Å². The number of nitrogens with one attached hydrogen (secondary N) is 2. The highest BCUT2D eigenvalue weighted by atomic mass is 32.1. The zero-order chi connectivity index (χ0) is 38.0. The fourth-order valence-electron chi connectivity index (χ4n) is 8.14. The average Bonchev–Trinajstić information content (AvgIpc) is 4.03. The largest absolute Gasteiger partial charge is 0.423 e. The molecule has 4 N–H and O–H groups in total. The first-order valence-corrected chi connectivity index (χ1v) is 19.9. The minimum Gasteiger partial charge on any atom is -0.423 e. The summed E-state index contributed by atoms with van der Waals surface area (Å²) >= 11 is 2.87. The highest BCUT2D eigenvalue weighted by Crippen LogP contribution is 2.41. The predicted octanol–water partition coefficient (Wildman–Crippen LogP) is 6.55. The van der Waals surface area contributed by atoms with Crippen LogP contribution < -0.4 is 20.4 Å². The Hall–Kier alpha value is -4.20. The quantitative estimate of drug-likeness (QED) is 0.124. The number of hydrogen-bond acceptors (Lipinski definition) is 14. The molecule has 0 spiro atoms. The van der Waals surface area contributed by atoms with Crippen molar-refractivity contribution in [3.63, 3.8) is 0 Å². The first-order chi connectivity index (χ1) is 26.5. The summed E-state index contributed by atoms with van der Waals surface area (Å²) in [7, 11) is 0. The molecule has 0 amide bonds. The van der Waals surface area contributed by atoms with Crippen LogP contribution in [0.15, 0.2) is 56.3 Å².